The molecule has 0 saturated carbocycles. The van der Waals surface area contributed by atoms with E-state index in [9.17, 15) is 19.2 Å². The van der Waals surface area contributed by atoms with Crippen molar-refractivity contribution in [2.45, 2.75) is 33.2 Å². The molecule has 29 heavy (non-hydrogen) atoms. The number of amides is 2. The lowest BCUT2D eigenvalue weighted by Gasteiger charge is -2.16. The van der Waals surface area contributed by atoms with Gasteiger partial charge in [-0.25, -0.2) is 9.69 Å². The van der Waals surface area contributed by atoms with Crippen LogP contribution in [-0.4, -0.2) is 49.0 Å². The average molecular weight is 402 g/mol. The predicted molar refractivity (Wildman–Crippen MR) is 103 cm³/mol. The first-order chi connectivity index (χ1) is 13.8. The highest BCUT2D eigenvalue weighted by Crippen LogP contribution is 2.42. The van der Waals surface area contributed by atoms with Gasteiger partial charge in [0.15, 0.2) is 17.2 Å². The molecule has 2 aromatic rings. The fourth-order valence-electron chi connectivity index (χ4n) is 3.50. The summed E-state index contributed by atoms with van der Waals surface area (Å²) in [6, 6.07) is 3.19. The van der Waals surface area contributed by atoms with E-state index in [-0.39, 0.29) is 43.2 Å². The second kappa shape index (κ2) is 7.94. The lowest BCUT2D eigenvalue weighted by molar-refractivity contribution is -0.121. The van der Waals surface area contributed by atoms with Crippen LogP contribution in [0.5, 0.6) is 11.5 Å². The van der Waals surface area contributed by atoms with Crippen LogP contribution < -0.4 is 14.4 Å². The third kappa shape index (κ3) is 3.43. The van der Waals surface area contributed by atoms with Crippen molar-refractivity contribution in [2.24, 2.45) is 0 Å². The van der Waals surface area contributed by atoms with E-state index in [1.807, 2.05) is 0 Å². The van der Waals surface area contributed by atoms with Gasteiger partial charge in [-0.05, 0) is 19.9 Å². The van der Waals surface area contributed by atoms with Crippen LogP contribution in [0.25, 0.3) is 10.9 Å². The summed E-state index contributed by atoms with van der Waals surface area (Å²) in [5.74, 6) is -1.05. The number of rotatable bonds is 7. The number of hydrogen-bond donors (Lipinski definition) is 0. The number of esters is 1. The van der Waals surface area contributed by atoms with Crippen molar-refractivity contribution < 1.29 is 33.4 Å². The monoisotopic (exact) mass is 402 g/mol. The Bertz CT molecular complexity index is 1010. The van der Waals surface area contributed by atoms with Gasteiger partial charge >= 0.3 is 5.97 Å². The van der Waals surface area contributed by atoms with Crippen molar-refractivity contribution in [1.29, 1.82) is 0 Å². The van der Waals surface area contributed by atoms with Gasteiger partial charge in [-0.15, -0.1) is 0 Å². The van der Waals surface area contributed by atoms with Gasteiger partial charge in [0.2, 0.25) is 11.8 Å². The fraction of sp³-hybridized carbons (Fsp3) is 0.400. The summed E-state index contributed by atoms with van der Waals surface area (Å²) < 4.78 is 17.3. The molecule has 154 valence electrons. The largest absolute Gasteiger partial charge is 0.493 e. The molecular formula is C20H22N2O7. The van der Waals surface area contributed by atoms with Crippen molar-refractivity contribution in [1.82, 2.24) is 4.57 Å². The summed E-state index contributed by atoms with van der Waals surface area (Å²) >= 11 is 0. The molecule has 0 N–H and O–H groups in total. The highest BCUT2D eigenvalue weighted by molar-refractivity contribution is 6.26. The fourth-order valence-corrected chi connectivity index (χ4v) is 3.50. The molecule has 9 nitrogen and oxygen atoms in total. The number of ether oxygens (including phenoxy) is 3. The molecule has 1 aliphatic heterocycles. The summed E-state index contributed by atoms with van der Waals surface area (Å²) in [7, 11) is 2.91. The lowest BCUT2D eigenvalue weighted by Crippen LogP contribution is -2.31. The third-order valence-electron chi connectivity index (χ3n) is 4.67. The van der Waals surface area contributed by atoms with Crippen molar-refractivity contribution in [3.63, 3.8) is 0 Å². The van der Waals surface area contributed by atoms with E-state index in [1.165, 1.54) is 25.7 Å². The Morgan fingerprint density at radius 2 is 1.62 bits per heavy atom. The standard InChI is InChI=1S/C20H22N2O7/c1-5-29-20(26)19-18(22-16(24)6-7-17(22)25)12-8-14(27-3)15(28-4)9-13(12)21(19)10-11(2)23/h8-9H,5-7,10H2,1-4H3. The predicted octanol–water partition coefficient (Wildman–Crippen LogP) is 2.08. The number of nitrogens with zero attached hydrogens (tertiary/aromatic N) is 2. The number of methoxy groups -OCH3 is 2. The normalized spacial score (nSPS) is 13.9. The van der Waals surface area contributed by atoms with Crippen molar-refractivity contribution in [3.8, 4) is 11.5 Å². The molecule has 1 saturated heterocycles. The van der Waals surface area contributed by atoms with Gasteiger partial charge in [0.05, 0.1) is 38.6 Å². The van der Waals surface area contributed by atoms with Gasteiger partial charge in [-0.3, -0.25) is 14.4 Å². The van der Waals surface area contributed by atoms with E-state index < -0.39 is 17.8 Å². The second-order valence-electron chi connectivity index (χ2n) is 6.55. The first kappa shape index (κ1) is 20.4. The molecule has 0 bridgehead atoms. The minimum atomic E-state index is -0.731. The van der Waals surface area contributed by atoms with Gasteiger partial charge in [0, 0.05) is 24.3 Å². The Balaban J connectivity index is 2.45. The van der Waals surface area contributed by atoms with E-state index in [0.29, 0.717) is 22.4 Å². The molecule has 0 spiro atoms. The number of hydrogen-bond acceptors (Lipinski definition) is 7. The van der Waals surface area contributed by atoms with Gasteiger partial charge < -0.3 is 18.8 Å². The molecule has 1 fully saturated rings. The molecule has 3 rings (SSSR count). The van der Waals surface area contributed by atoms with Crippen LogP contribution in [0.1, 0.15) is 37.2 Å². The molecule has 0 aliphatic carbocycles. The maximum atomic E-state index is 12.9. The molecule has 1 aliphatic rings. The van der Waals surface area contributed by atoms with E-state index in [1.54, 1.807) is 19.1 Å². The van der Waals surface area contributed by atoms with Gasteiger partial charge in [0.1, 0.15) is 5.78 Å². The molecule has 0 unspecified atom stereocenters. The summed E-state index contributed by atoms with van der Waals surface area (Å²) in [6.07, 6.45) is 0.0988. The lowest BCUT2D eigenvalue weighted by atomic mass is 10.1. The summed E-state index contributed by atoms with van der Waals surface area (Å²) in [6.45, 7) is 2.98. The molecule has 0 radical (unpaired) electrons. The highest BCUT2D eigenvalue weighted by atomic mass is 16.5. The zero-order chi connectivity index (χ0) is 21.3. The summed E-state index contributed by atoms with van der Waals surface area (Å²) in [5, 5.41) is 0.413. The van der Waals surface area contributed by atoms with Crippen LogP contribution in [0.15, 0.2) is 12.1 Å². The average Bonchev–Trinajstić information content (AvgIpc) is 3.16. The second-order valence-corrected chi connectivity index (χ2v) is 6.55. The van der Waals surface area contributed by atoms with Crippen molar-refractivity contribution in [3.05, 3.63) is 17.8 Å². The Morgan fingerprint density at radius 3 is 2.14 bits per heavy atom. The maximum Gasteiger partial charge on any atom is 0.357 e. The zero-order valence-electron chi connectivity index (χ0n) is 16.7. The number of anilines is 1. The molecule has 2 amide bonds. The number of benzene rings is 1. The minimum Gasteiger partial charge on any atom is -0.493 e. The Hall–Kier alpha value is -3.36. The molecule has 1 aromatic heterocycles. The zero-order valence-corrected chi connectivity index (χ0v) is 16.7. The Labute approximate surface area is 167 Å². The van der Waals surface area contributed by atoms with Crippen molar-refractivity contribution >= 4 is 40.2 Å². The van der Waals surface area contributed by atoms with Crippen LogP contribution in [-0.2, 0) is 25.7 Å². The number of ketones is 1. The van der Waals surface area contributed by atoms with Gasteiger partial charge in [0.25, 0.3) is 0 Å². The van der Waals surface area contributed by atoms with Crippen LogP contribution in [0.4, 0.5) is 5.69 Å². The van der Waals surface area contributed by atoms with Crippen molar-refractivity contribution in [2.75, 3.05) is 25.7 Å². The molecule has 0 atom stereocenters. The van der Waals surface area contributed by atoms with E-state index in [0.717, 1.165) is 4.90 Å². The first-order valence-electron chi connectivity index (χ1n) is 9.14. The van der Waals surface area contributed by atoms with Gasteiger partial charge in [-0.1, -0.05) is 0 Å². The van der Waals surface area contributed by atoms with Crippen LogP contribution >= 0.6 is 0 Å². The first-order valence-corrected chi connectivity index (χ1v) is 9.14. The number of imide groups is 1. The van der Waals surface area contributed by atoms with E-state index in [2.05, 4.69) is 0 Å². The number of carbonyl (C=O) groups is 4. The highest BCUT2D eigenvalue weighted by Gasteiger charge is 2.38. The Kier molecular flexibility index (Phi) is 5.58. The minimum absolute atomic E-state index is 0.0315. The smallest absolute Gasteiger partial charge is 0.357 e. The van der Waals surface area contributed by atoms with Crippen LogP contribution in [0, 0.1) is 0 Å². The van der Waals surface area contributed by atoms with E-state index >= 15 is 0 Å². The Morgan fingerprint density at radius 1 is 1.03 bits per heavy atom. The number of carbonyl (C=O) groups excluding carboxylic acids is 4. The van der Waals surface area contributed by atoms with Crippen LogP contribution in [0.2, 0.25) is 0 Å². The van der Waals surface area contributed by atoms with Crippen LogP contribution in [0.3, 0.4) is 0 Å². The number of aromatic nitrogens is 1. The number of Topliss-reactive ketones (excluding diaryl/α,β-unsaturated/α-hetero) is 1. The molecular weight excluding hydrogens is 380 g/mol. The summed E-state index contributed by atoms with van der Waals surface area (Å²) in [5.41, 5.74) is 0.521. The summed E-state index contributed by atoms with van der Waals surface area (Å²) in [4.78, 5) is 50.8. The maximum absolute atomic E-state index is 12.9. The SMILES string of the molecule is CCOC(=O)c1c(N2C(=O)CCC2=O)c2cc(OC)c(OC)cc2n1CC(C)=O. The molecule has 2 heterocycles. The molecule has 1 aromatic carbocycles. The van der Waals surface area contributed by atoms with E-state index in [4.69, 9.17) is 14.2 Å². The third-order valence-corrected chi connectivity index (χ3v) is 4.67. The number of fused-ring (bicyclic) bond motifs is 1. The van der Waals surface area contributed by atoms with Gasteiger partial charge in [-0.2, -0.15) is 0 Å². The quantitative estimate of drug-likeness (QED) is 0.516. The topological polar surface area (TPSA) is 104 Å². The molecule has 9 heteroatoms.